The number of nitrogens with two attached hydrogens (primary N) is 1. The van der Waals surface area contributed by atoms with Gasteiger partial charge in [-0.3, -0.25) is 4.79 Å². The van der Waals surface area contributed by atoms with Gasteiger partial charge in [0.2, 0.25) is 0 Å². The van der Waals surface area contributed by atoms with Crippen LogP contribution in [0.25, 0.3) is 0 Å². The lowest BCUT2D eigenvalue weighted by molar-refractivity contribution is -0.121. The highest BCUT2D eigenvalue weighted by molar-refractivity contribution is 5.76. The van der Waals surface area contributed by atoms with E-state index in [4.69, 9.17) is 15.2 Å². The van der Waals surface area contributed by atoms with Crippen molar-refractivity contribution in [2.24, 2.45) is 0 Å². The van der Waals surface area contributed by atoms with Gasteiger partial charge in [0.25, 0.3) is 0 Å². The van der Waals surface area contributed by atoms with Crippen LogP contribution in [0.2, 0.25) is 0 Å². The fourth-order valence-corrected chi connectivity index (χ4v) is 1.68. The summed E-state index contributed by atoms with van der Waals surface area (Å²) in [6, 6.07) is 14.8. The van der Waals surface area contributed by atoms with Crippen molar-refractivity contribution in [1.29, 1.82) is 0 Å². The topological polar surface area (TPSA) is 61.5 Å². The number of ketones is 1. The maximum Gasteiger partial charge on any atom is 0.155 e. The molecule has 0 aliphatic heterocycles. The number of ether oxygens (including phenoxy) is 2. The van der Waals surface area contributed by atoms with E-state index >= 15 is 0 Å². The number of hydrogen-bond donors (Lipinski definition) is 1. The highest BCUT2D eigenvalue weighted by Gasteiger charge is 2.00. The molecule has 0 saturated carbocycles. The summed E-state index contributed by atoms with van der Waals surface area (Å²) in [5, 5.41) is 0. The SMILES string of the molecule is CC(=O)COCc1ccc(Oc2cccc(N)c2)cc1. The van der Waals surface area contributed by atoms with E-state index in [0.29, 0.717) is 18.0 Å². The standard InChI is InChI=1S/C16H17NO3/c1-12(18)10-19-11-13-5-7-15(8-6-13)20-16-4-2-3-14(17)9-16/h2-9H,10-11,17H2,1H3. The molecule has 104 valence electrons. The van der Waals surface area contributed by atoms with Crippen LogP contribution in [0.1, 0.15) is 12.5 Å². The molecule has 0 aliphatic carbocycles. The first-order valence-electron chi connectivity index (χ1n) is 6.33. The molecule has 2 N–H and O–H groups in total. The summed E-state index contributed by atoms with van der Waals surface area (Å²) >= 11 is 0. The van der Waals surface area contributed by atoms with Crippen LogP contribution in [0.15, 0.2) is 48.5 Å². The minimum absolute atomic E-state index is 0.0200. The molecule has 2 rings (SSSR count). The van der Waals surface area contributed by atoms with Crippen molar-refractivity contribution in [2.75, 3.05) is 12.3 Å². The van der Waals surface area contributed by atoms with Gasteiger partial charge in [-0.25, -0.2) is 0 Å². The van der Waals surface area contributed by atoms with Crippen LogP contribution in [0, 0.1) is 0 Å². The van der Waals surface area contributed by atoms with Crippen molar-refractivity contribution >= 4 is 11.5 Å². The molecule has 0 radical (unpaired) electrons. The van der Waals surface area contributed by atoms with E-state index in [2.05, 4.69) is 0 Å². The molecule has 0 saturated heterocycles. The maximum atomic E-state index is 10.8. The van der Waals surface area contributed by atoms with Crippen LogP contribution in [-0.2, 0) is 16.1 Å². The molecule has 0 fully saturated rings. The zero-order valence-electron chi connectivity index (χ0n) is 11.3. The smallest absolute Gasteiger partial charge is 0.155 e. The molecular weight excluding hydrogens is 254 g/mol. The first kappa shape index (κ1) is 14.1. The lowest BCUT2D eigenvalue weighted by Crippen LogP contribution is -2.03. The Balaban J connectivity index is 1.93. The Labute approximate surface area is 118 Å². The third-order valence-electron chi connectivity index (χ3n) is 2.59. The van der Waals surface area contributed by atoms with E-state index in [1.807, 2.05) is 42.5 Å². The predicted octanol–water partition coefficient (Wildman–Crippen LogP) is 3.17. The largest absolute Gasteiger partial charge is 0.457 e. The maximum absolute atomic E-state index is 10.8. The van der Waals surface area contributed by atoms with Gasteiger partial charge in [0, 0.05) is 11.8 Å². The van der Waals surface area contributed by atoms with E-state index in [0.717, 1.165) is 11.3 Å². The Bertz CT molecular complexity index is 579. The average Bonchev–Trinajstić information content (AvgIpc) is 2.40. The van der Waals surface area contributed by atoms with Crippen molar-refractivity contribution in [3.8, 4) is 11.5 Å². The molecular formula is C16H17NO3. The molecule has 0 bridgehead atoms. The van der Waals surface area contributed by atoms with E-state index < -0.39 is 0 Å². The molecule has 4 nitrogen and oxygen atoms in total. The van der Waals surface area contributed by atoms with E-state index in [-0.39, 0.29) is 12.4 Å². The molecule has 2 aromatic carbocycles. The van der Waals surface area contributed by atoms with Crippen molar-refractivity contribution in [2.45, 2.75) is 13.5 Å². The van der Waals surface area contributed by atoms with Crippen molar-refractivity contribution in [3.63, 3.8) is 0 Å². The Kier molecular flexibility index (Phi) is 4.74. The number of Topliss-reactive ketones (excluding diaryl/α,β-unsaturated/α-hetero) is 1. The molecule has 0 aromatic heterocycles. The van der Waals surface area contributed by atoms with Gasteiger partial charge >= 0.3 is 0 Å². The predicted molar refractivity (Wildman–Crippen MR) is 77.7 cm³/mol. The Morgan fingerprint density at radius 2 is 1.85 bits per heavy atom. The summed E-state index contributed by atoms with van der Waals surface area (Å²) in [5.74, 6) is 1.45. The highest BCUT2D eigenvalue weighted by atomic mass is 16.5. The van der Waals surface area contributed by atoms with E-state index in [1.54, 1.807) is 6.07 Å². The number of rotatable bonds is 6. The quantitative estimate of drug-likeness (QED) is 0.820. The minimum atomic E-state index is 0.0200. The van der Waals surface area contributed by atoms with Crippen LogP contribution < -0.4 is 10.5 Å². The van der Waals surface area contributed by atoms with Gasteiger partial charge in [0.1, 0.15) is 18.1 Å². The van der Waals surface area contributed by atoms with Crippen LogP contribution in [-0.4, -0.2) is 12.4 Å². The summed E-state index contributed by atoms with van der Waals surface area (Å²) in [7, 11) is 0. The van der Waals surface area contributed by atoms with Crippen LogP contribution in [0.3, 0.4) is 0 Å². The first-order chi connectivity index (χ1) is 9.63. The summed E-state index contributed by atoms with van der Waals surface area (Å²) in [4.78, 5) is 10.8. The number of nitrogen functional groups attached to an aromatic ring is 1. The fourth-order valence-electron chi connectivity index (χ4n) is 1.68. The third-order valence-corrected chi connectivity index (χ3v) is 2.59. The second kappa shape index (κ2) is 6.73. The number of carbonyl (C=O) groups is 1. The third kappa shape index (κ3) is 4.40. The molecule has 0 atom stereocenters. The van der Waals surface area contributed by atoms with Crippen molar-refractivity contribution in [3.05, 3.63) is 54.1 Å². The van der Waals surface area contributed by atoms with E-state index in [1.165, 1.54) is 6.92 Å². The second-order valence-electron chi connectivity index (χ2n) is 4.51. The molecule has 20 heavy (non-hydrogen) atoms. The summed E-state index contributed by atoms with van der Waals surface area (Å²) in [6.07, 6.45) is 0. The summed E-state index contributed by atoms with van der Waals surface area (Å²) in [5.41, 5.74) is 7.35. The van der Waals surface area contributed by atoms with Crippen molar-refractivity contribution < 1.29 is 14.3 Å². The van der Waals surface area contributed by atoms with Gasteiger partial charge in [-0.05, 0) is 36.8 Å². The second-order valence-corrected chi connectivity index (χ2v) is 4.51. The summed E-state index contributed by atoms with van der Waals surface area (Å²) in [6.45, 7) is 2.06. The number of hydrogen-bond acceptors (Lipinski definition) is 4. The molecule has 0 unspecified atom stereocenters. The minimum Gasteiger partial charge on any atom is -0.457 e. The zero-order valence-corrected chi connectivity index (χ0v) is 11.3. The number of benzene rings is 2. The lowest BCUT2D eigenvalue weighted by Gasteiger charge is -2.07. The number of carbonyl (C=O) groups excluding carboxylic acids is 1. The molecule has 4 heteroatoms. The van der Waals surface area contributed by atoms with Gasteiger partial charge in [-0.1, -0.05) is 18.2 Å². The lowest BCUT2D eigenvalue weighted by atomic mass is 10.2. The zero-order chi connectivity index (χ0) is 14.4. The van der Waals surface area contributed by atoms with Gasteiger partial charge in [-0.15, -0.1) is 0 Å². The molecule has 0 amide bonds. The van der Waals surface area contributed by atoms with E-state index in [9.17, 15) is 4.79 Å². The van der Waals surface area contributed by atoms with Gasteiger partial charge in [-0.2, -0.15) is 0 Å². The Hall–Kier alpha value is -2.33. The fraction of sp³-hybridized carbons (Fsp3) is 0.188. The first-order valence-corrected chi connectivity index (χ1v) is 6.33. The van der Waals surface area contributed by atoms with Gasteiger partial charge < -0.3 is 15.2 Å². The van der Waals surface area contributed by atoms with Gasteiger partial charge in [0.05, 0.1) is 6.61 Å². The monoisotopic (exact) mass is 271 g/mol. The van der Waals surface area contributed by atoms with Crippen LogP contribution in [0.4, 0.5) is 5.69 Å². The number of anilines is 1. The molecule has 0 aliphatic rings. The normalized spacial score (nSPS) is 10.2. The highest BCUT2D eigenvalue weighted by Crippen LogP contribution is 2.23. The van der Waals surface area contributed by atoms with Crippen LogP contribution >= 0.6 is 0 Å². The molecule has 0 heterocycles. The average molecular weight is 271 g/mol. The van der Waals surface area contributed by atoms with Gasteiger partial charge in [0.15, 0.2) is 5.78 Å². The Morgan fingerprint density at radius 3 is 2.50 bits per heavy atom. The molecule has 0 spiro atoms. The van der Waals surface area contributed by atoms with Crippen molar-refractivity contribution in [1.82, 2.24) is 0 Å². The Morgan fingerprint density at radius 1 is 1.10 bits per heavy atom. The summed E-state index contributed by atoms with van der Waals surface area (Å²) < 4.78 is 10.9. The van der Waals surface area contributed by atoms with Crippen LogP contribution in [0.5, 0.6) is 11.5 Å². The molecule has 2 aromatic rings.